The Morgan fingerprint density at radius 3 is 0.657 bits per heavy atom. The Hall–Kier alpha value is -0.0800. The third-order valence-corrected chi connectivity index (χ3v) is 7.94. The lowest BCUT2D eigenvalue weighted by Crippen LogP contribution is -2.50. The topological polar surface area (TPSA) is 23.1 Å². The highest BCUT2D eigenvalue weighted by atomic mass is 16.2. The minimum absolute atomic E-state index is 0.750. The van der Waals surface area contributed by atoms with Crippen LogP contribution in [0.2, 0.25) is 0 Å². The van der Waals surface area contributed by atoms with Crippen molar-refractivity contribution in [2.24, 2.45) is 0 Å². The fraction of sp³-hybridized carbons (Fsp3) is 1.00. The molecule has 0 atom stereocenters. The standard InChI is InChI=1S/C32H68N.CH3O/c1-5-9-13-17-21-25-29-33(30-26-22-18-14-10-6-2,31-27-23-19-15-11-7-3)32-28-24-20-16-12-8-4;1-2/h5-32H2,1-4H3;1H3/q+1;-1. The fourth-order valence-corrected chi connectivity index (χ4v) is 5.58. The minimum atomic E-state index is 0.750. The van der Waals surface area contributed by atoms with Gasteiger partial charge in [0.05, 0.1) is 26.2 Å². The summed E-state index contributed by atoms with van der Waals surface area (Å²) in [5, 5.41) is 8.25. The quantitative estimate of drug-likeness (QED) is 0.0778. The van der Waals surface area contributed by atoms with Crippen LogP contribution in [0.1, 0.15) is 182 Å². The summed E-state index contributed by atoms with van der Waals surface area (Å²) in [6.07, 6.45) is 34.8. The zero-order valence-electron chi connectivity index (χ0n) is 25.7. The van der Waals surface area contributed by atoms with Gasteiger partial charge in [0.15, 0.2) is 0 Å². The molecule has 0 fully saturated rings. The molecule has 0 heterocycles. The molecule has 0 spiro atoms. The Labute approximate surface area is 224 Å². The lowest BCUT2D eigenvalue weighted by Gasteiger charge is -2.40. The van der Waals surface area contributed by atoms with Crippen LogP contribution in [0.15, 0.2) is 0 Å². The first kappa shape index (κ1) is 37.1. The van der Waals surface area contributed by atoms with E-state index in [0.717, 1.165) is 7.11 Å². The molecule has 0 N–H and O–H groups in total. The third kappa shape index (κ3) is 26.8. The van der Waals surface area contributed by atoms with E-state index >= 15 is 0 Å². The highest BCUT2D eigenvalue weighted by Gasteiger charge is 2.25. The minimum Gasteiger partial charge on any atom is -0.857 e. The molecule has 0 bridgehead atoms. The van der Waals surface area contributed by atoms with Gasteiger partial charge in [-0.3, -0.25) is 0 Å². The van der Waals surface area contributed by atoms with Gasteiger partial charge in [0.1, 0.15) is 0 Å². The van der Waals surface area contributed by atoms with Crippen molar-refractivity contribution in [3.05, 3.63) is 0 Å². The van der Waals surface area contributed by atoms with E-state index in [1.807, 2.05) is 0 Å². The number of hydrogen-bond acceptors (Lipinski definition) is 1. The molecule has 214 valence electrons. The zero-order chi connectivity index (χ0) is 26.3. The monoisotopic (exact) mass is 498 g/mol. The Balaban J connectivity index is 0. The van der Waals surface area contributed by atoms with Gasteiger partial charge in [-0.1, -0.05) is 130 Å². The van der Waals surface area contributed by atoms with E-state index in [4.69, 9.17) is 5.11 Å². The molecular formula is C33H71NO. The van der Waals surface area contributed by atoms with Gasteiger partial charge in [0, 0.05) is 0 Å². The molecular weight excluding hydrogens is 426 g/mol. The second-order valence-corrected chi connectivity index (χ2v) is 11.3. The Morgan fingerprint density at radius 2 is 0.457 bits per heavy atom. The van der Waals surface area contributed by atoms with Crippen molar-refractivity contribution < 1.29 is 9.59 Å². The van der Waals surface area contributed by atoms with Crippen LogP contribution in [0.5, 0.6) is 0 Å². The van der Waals surface area contributed by atoms with Gasteiger partial charge in [0.2, 0.25) is 0 Å². The highest BCUT2D eigenvalue weighted by Crippen LogP contribution is 2.20. The average molecular weight is 498 g/mol. The number of hydrogen-bond donors (Lipinski definition) is 0. The molecule has 0 radical (unpaired) electrons. The summed E-state index contributed by atoms with van der Waals surface area (Å²) in [6.45, 7) is 15.3. The predicted octanol–water partition coefficient (Wildman–Crippen LogP) is 10.2. The average Bonchev–Trinajstić information content (AvgIpc) is 2.88. The molecule has 2 heteroatoms. The van der Waals surface area contributed by atoms with Crippen molar-refractivity contribution in [2.75, 3.05) is 33.3 Å². The fourth-order valence-electron chi connectivity index (χ4n) is 5.58. The summed E-state index contributed by atoms with van der Waals surface area (Å²) in [6, 6.07) is 0. The maximum atomic E-state index is 8.25. The first-order valence-electron chi connectivity index (χ1n) is 16.5. The maximum Gasteiger partial charge on any atom is 0.0786 e. The number of quaternary nitrogens is 1. The zero-order valence-corrected chi connectivity index (χ0v) is 25.7. The highest BCUT2D eigenvalue weighted by molar-refractivity contribution is 4.55. The Morgan fingerprint density at radius 1 is 0.286 bits per heavy atom. The van der Waals surface area contributed by atoms with E-state index in [9.17, 15) is 0 Å². The van der Waals surface area contributed by atoms with Crippen LogP contribution in [0.3, 0.4) is 0 Å². The molecule has 0 aliphatic rings. The molecule has 0 aliphatic heterocycles. The summed E-state index contributed by atoms with van der Waals surface area (Å²) >= 11 is 0. The van der Waals surface area contributed by atoms with E-state index < -0.39 is 0 Å². The molecule has 35 heavy (non-hydrogen) atoms. The third-order valence-electron chi connectivity index (χ3n) is 7.94. The molecule has 0 amide bonds. The lowest BCUT2D eigenvalue weighted by molar-refractivity contribution is -0.929. The van der Waals surface area contributed by atoms with Gasteiger partial charge < -0.3 is 9.59 Å². The van der Waals surface area contributed by atoms with Gasteiger partial charge in [-0.25, -0.2) is 0 Å². The van der Waals surface area contributed by atoms with Crippen LogP contribution in [0.4, 0.5) is 0 Å². The van der Waals surface area contributed by atoms with Crippen LogP contribution >= 0.6 is 0 Å². The van der Waals surface area contributed by atoms with E-state index in [-0.39, 0.29) is 0 Å². The van der Waals surface area contributed by atoms with Crippen molar-refractivity contribution in [3.63, 3.8) is 0 Å². The molecule has 0 aromatic carbocycles. The first-order valence-corrected chi connectivity index (χ1v) is 16.5. The van der Waals surface area contributed by atoms with E-state index in [1.54, 1.807) is 0 Å². The summed E-state index contributed by atoms with van der Waals surface area (Å²) < 4.78 is 1.48. The van der Waals surface area contributed by atoms with E-state index in [0.29, 0.717) is 0 Å². The maximum absolute atomic E-state index is 8.25. The van der Waals surface area contributed by atoms with Gasteiger partial charge >= 0.3 is 0 Å². The van der Waals surface area contributed by atoms with E-state index in [2.05, 4.69) is 27.7 Å². The molecule has 0 saturated heterocycles. The van der Waals surface area contributed by atoms with Crippen molar-refractivity contribution in [2.45, 2.75) is 182 Å². The smallest absolute Gasteiger partial charge is 0.0786 e. The molecule has 0 saturated carbocycles. The van der Waals surface area contributed by atoms with Gasteiger partial charge in [-0.2, -0.15) is 7.11 Å². The Kier molecular flexibility index (Phi) is 33.8. The molecule has 2 nitrogen and oxygen atoms in total. The molecule has 0 aromatic heterocycles. The molecule has 0 rings (SSSR count). The van der Waals surface area contributed by atoms with Crippen molar-refractivity contribution in [3.8, 4) is 0 Å². The predicted molar refractivity (Wildman–Crippen MR) is 159 cm³/mol. The van der Waals surface area contributed by atoms with Crippen molar-refractivity contribution in [1.82, 2.24) is 0 Å². The van der Waals surface area contributed by atoms with Gasteiger partial charge in [-0.15, -0.1) is 0 Å². The molecule has 0 unspecified atom stereocenters. The number of unbranched alkanes of at least 4 members (excludes halogenated alkanes) is 20. The van der Waals surface area contributed by atoms with Crippen LogP contribution in [0, 0.1) is 0 Å². The summed E-state index contributed by atoms with van der Waals surface area (Å²) in [5.41, 5.74) is 0. The molecule has 0 aliphatic carbocycles. The second kappa shape index (κ2) is 31.9. The van der Waals surface area contributed by atoms with E-state index in [1.165, 1.54) is 185 Å². The lowest BCUT2D eigenvalue weighted by atomic mass is 10.0. The SMILES string of the molecule is CCCCCCCC[N+](CCCCCCCC)(CCCCCCCC)CCCCCCCC.C[O-]. The summed E-state index contributed by atoms with van der Waals surface area (Å²) in [4.78, 5) is 0. The normalized spacial score (nSPS) is 11.5. The van der Waals surface area contributed by atoms with Crippen LogP contribution in [0.25, 0.3) is 0 Å². The van der Waals surface area contributed by atoms with Gasteiger partial charge in [0.25, 0.3) is 0 Å². The largest absolute Gasteiger partial charge is 0.857 e. The number of rotatable bonds is 28. The summed E-state index contributed by atoms with van der Waals surface area (Å²) in [5.74, 6) is 0. The first-order chi connectivity index (χ1) is 17.2. The Bertz CT molecular complexity index is 287. The summed E-state index contributed by atoms with van der Waals surface area (Å²) in [7, 11) is 0.750. The van der Waals surface area contributed by atoms with Crippen molar-refractivity contribution >= 4 is 0 Å². The van der Waals surface area contributed by atoms with Crippen LogP contribution in [-0.2, 0) is 0 Å². The van der Waals surface area contributed by atoms with Crippen LogP contribution in [-0.4, -0.2) is 37.8 Å². The second-order valence-electron chi connectivity index (χ2n) is 11.3. The van der Waals surface area contributed by atoms with Crippen molar-refractivity contribution in [1.29, 1.82) is 0 Å². The van der Waals surface area contributed by atoms with Gasteiger partial charge in [-0.05, 0) is 51.4 Å². The van der Waals surface area contributed by atoms with Crippen LogP contribution < -0.4 is 5.11 Å². The molecule has 0 aromatic rings. The number of nitrogens with zero attached hydrogens (tertiary/aromatic N) is 1.